The normalized spacial score (nSPS) is 27.1. The number of esters is 1. The van der Waals surface area contributed by atoms with Gasteiger partial charge in [0.15, 0.2) is 0 Å². The molecule has 0 N–H and O–H groups in total. The second kappa shape index (κ2) is 5.62. The van der Waals surface area contributed by atoms with Crippen LogP contribution in [-0.2, 0) is 14.3 Å². The van der Waals surface area contributed by atoms with Crippen molar-refractivity contribution in [3.05, 3.63) is 0 Å². The van der Waals surface area contributed by atoms with Gasteiger partial charge in [-0.3, -0.25) is 4.79 Å². The van der Waals surface area contributed by atoms with Crippen LogP contribution >= 0.6 is 0 Å². The number of rotatable bonds is 2. The Morgan fingerprint density at radius 3 is 2.25 bits per heavy atom. The number of hydrogen-bond donors (Lipinski definition) is 0. The van der Waals surface area contributed by atoms with Gasteiger partial charge in [0, 0.05) is 13.1 Å². The highest BCUT2D eigenvalue weighted by Gasteiger charge is 2.42. The molecule has 5 heteroatoms. The maximum absolute atomic E-state index is 12.2. The summed E-state index contributed by atoms with van der Waals surface area (Å²) in [6.45, 7) is 6.67. The summed E-state index contributed by atoms with van der Waals surface area (Å²) in [5.74, 6) is 0.628. The van der Waals surface area contributed by atoms with Crippen LogP contribution in [0.15, 0.2) is 0 Å². The van der Waals surface area contributed by atoms with Gasteiger partial charge in [0.1, 0.15) is 5.60 Å². The molecule has 2 atom stereocenters. The van der Waals surface area contributed by atoms with Crippen molar-refractivity contribution in [3.8, 4) is 0 Å². The van der Waals surface area contributed by atoms with Gasteiger partial charge in [0.2, 0.25) is 0 Å². The smallest absolute Gasteiger partial charge is 0.410 e. The molecule has 2 rings (SSSR count). The minimum atomic E-state index is -0.510. The predicted octanol–water partition coefficient (Wildman–Crippen LogP) is 2.44. The summed E-state index contributed by atoms with van der Waals surface area (Å²) in [4.78, 5) is 25.7. The van der Waals surface area contributed by atoms with Crippen molar-refractivity contribution in [3.63, 3.8) is 0 Å². The minimum absolute atomic E-state index is 0.216. The Hall–Kier alpha value is -1.26. The molecular weight excluding hydrogens is 258 g/mol. The van der Waals surface area contributed by atoms with Crippen molar-refractivity contribution < 1.29 is 19.1 Å². The van der Waals surface area contributed by atoms with Gasteiger partial charge in [-0.2, -0.15) is 0 Å². The zero-order chi connectivity index (χ0) is 14.9. The fourth-order valence-electron chi connectivity index (χ4n) is 2.86. The molecule has 0 aromatic heterocycles. The lowest BCUT2D eigenvalue weighted by Crippen LogP contribution is -2.48. The third-order valence-electron chi connectivity index (χ3n) is 3.96. The molecule has 114 valence electrons. The topological polar surface area (TPSA) is 55.8 Å². The minimum Gasteiger partial charge on any atom is -0.469 e. The molecule has 0 bridgehead atoms. The van der Waals surface area contributed by atoms with Crippen molar-refractivity contribution in [2.24, 2.45) is 17.8 Å². The fraction of sp³-hybridized carbons (Fsp3) is 0.867. The summed E-state index contributed by atoms with van der Waals surface area (Å²) < 4.78 is 10.3. The molecule has 1 aliphatic heterocycles. The van der Waals surface area contributed by atoms with Gasteiger partial charge < -0.3 is 14.4 Å². The highest BCUT2D eigenvalue weighted by atomic mass is 16.6. The lowest BCUT2D eigenvalue weighted by atomic mass is 9.86. The lowest BCUT2D eigenvalue weighted by molar-refractivity contribution is -0.148. The molecule has 20 heavy (non-hydrogen) atoms. The summed E-state index contributed by atoms with van der Waals surface area (Å²) in [6, 6.07) is 0. The first-order chi connectivity index (χ1) is 9.30. The standard InChI is InChI=1S/C15H25NO4/c1-15(2,3)20-14(18)16-8-11(10-5-6-10)7-12(9-16)13(17)19-4/h10-12H,5-9H2,1-4H3. The summed E-state index contributed by atoms with van der Waals surface area (Å²) >= 11 is 0. The van der Waals surface area contributed by atoms with Crippen molar-refractivity contribution in [2.75, 3.05) is 20.2 Å². The molecule has 1 saturated heterocycles. The quantitative estimate of drug-likeness (QED) is 0.730. The number of methoxy groups -OCH3 is 1. The Bertz CT molecular complexity index is 384. The van der Waals surface area contributed by atoms with E-state index in [4.69, 9.17) is 9.47 Å². The van der Waals surface area contributed by atoms with Crippen LogP contribution in [0.4, 0.5) is 4.79 Å². The van der Waals surface area contributed by atoms with E-state index in [0.29, 0.717) is 24.9 Å². The van der Waals surface area contributed by atoms with Crippen LogP contribution in [0.2, 0.25) is 0 Å². The molecule has 0 radical (unpaired) electrons. The van der Waals surface area contributed by atoms with Crippen LogP contribution in [0.5, 0.6) is 0 Å². The third-order valence-corrected chi connectivity index (χ3v) is 3.96. The molecule has 0 aromatic rings. The molecule has 0 aromatic carbocycles. The van der Waals surface area contributed by atoms with Crippen molar-refractivity contribution in [1.29, 1.82) is 0 Å². The van der Waals surface area contributed by atoms with Crippen molar-refractivity contribution in [2.45, 2.75) is 45.6 Å². The fourth-order valence-corrected chi connectivity index (χ4v) is 2.86. The second-order valence-corrected chi connectivity index (χ2v) is 6.94. The SMILES string of the molecule is COC(=O)C1CC(C2CC2)CN(C(=O)OC(C)(C)C)C1. The van der Waals surface area contributed by atoms with E-state index in [-0.39, 0.29) is 18.0 Å². The van der Waals surface area contributed by atoms with E-state index in [9.17, 15) is 9.59 Å². The number of likely N-dealkylation sites (tertiary alicyclic amines) is 1. The zero-order valence-electron chi connectivity index (χ0n) is 12.8. The highest BCUT2D eigenvalue weighted by molar-refractivity contribution is 5.75. The van der Waals surface area contributed by atoms with Crippen molar-refractivity contribution >= 4 is 12.1 Å². The molecule has 1 aliphatic carbocycles. The molecule has 1 saturated carbocycles. The summed E-state index contributed by atoms with van der Waals surface area (Å²) in [6.07, 6.45) is 2.93. The monoisotopic (exact) mass is 283 g/mol. The molecule has 0 spiro atoms. The molecular formula is C15H25NO4. The number of hydrogen-bond acceptors (Lipinski definition) is 4. The van der Waals surface area contributed by atoms with E-state index in [2.05, 4.69) is 0 Å². The molecule has 5 nitrogen and oxygen atoms in total. The van der Waals surface area contributed by atoms with Crippen LogP contribution in [0.25, 0.3) is 0 Å². The number of nitrogens with zero attached hydrogens (tertiary/aromatic N) is 1. The number of carbonyl (C=O) groups excluding carboxylic acids is 2. The number of carbonyl (C=O) groups is 2. The third kappa shape index (κ3) is 3.87. The molecule has 1 amide bonds. The lowest BCUT2D eigenvalue weighted by Gasteiger charge is -2.37. The average molecular weight is 283 g/mol. The summed E-state index contributed by atoms with van der Waals surface area (Å²) in [5.41, 5.74) is -0.510. The van der Waals surface area contributed by atoms with Gasteiger partial charge in [-0.1, -0.05) is 0 Å². The molecule has 2 aliphatic rings. The van der Waals surface area contributed by atoms with Gasteiger partial charge in [0.25, 0.3) is 0 Å². The van der Waals surface area contributed by atoms with Crippen LogP contribution in [0, 0.1) is 17.8 Å². The number of amides is 1. The van der Waals surface area contributed by atoms with Gasteiger partial charge in [-0.05, 0) is 51.9 Å². The van der Waals surface area contributed by atoms with Gasteiger partial charge >= 0.3 is 12.1 Å². The van der Waals surface area contributed by atoms with E-state index in [1.807, 2.05) is 20.8 Å². The van der Waals surface area contributed by atoms with E-state index >= 15 is 0 Å². The molecule has 1 heterocycles. The highest BCUT2D eigenvalue weighted by Crippen LogP contribution is 2.42. The molecule has 2 fully saturated rings. The Kier molecular flexibility index (Phi) is 4.25. The van der Waals surface area contributed by atoms with E-state index in [1.165, 1.54) is 20.0 Å². The van der Waals surface area contributed by atoms with E-state index in [1.54, 1.807) is 4.90 Å². The maximum atomic E-state index is 12.2. The van der Waals surface area contributed by atoms with Crippen LogP contribution < -0.4 is 0 Å². The van der Waals surface area contributed by atoms with Crippen LogP contribution in [-0.4, -0.2) is 42.8 Å². The number of ether oxygens (including phenoxy) is 2. The first-order valence-corrected chi connectivity index (χ1v) is 7.36. The predicted molar refractivity (Wildman–Crippen MR) is 74.1 cm³/mol. The summed E-state index contributed by atoms with van der Waals surface area (Å²) in [7, 11) is 1.40. The number of piperidine rings is 1. The van der Waals surface area contributed by atoms with E-state index in [0.717, 1.165) is 6.42 Å². The van der Waals surface area contributed by atoms with E-state index < -0.39 is 5.60 Å². The largest absolute Gasteiger partial charge is 0.469 e. The molecule has 2 unspecified atom stereocenters. The Morgan fingerprint density at radius 2 is 1.75 bits per heavy atom. The first-order valence-electron chi connectivity index (χ1n) is 7.36. The van der Waals surface area contributed by atoms with Gasteiger partial charge in [0.05, 0.1) is 13.0 Å². The zero-order valence-corrected chi connectivity index (χ0v) is 12.8. The van der Waals surface area contributed by atoms with Gasteiger partial charge in [-0.15, -0.1) is 0 Å². The first kappa shape index (κ1) is 15.1. The van der Waals surface area contributed by atoms with Crippen LogP contribution in [0.3, 0.4) is 0 Å². The Labute approximate surface area is 120 Å². The van der Waals surface area contributed by atoms with Gasteiger partial charge in [-0.25, -0.2) is 4.79 Å². The maximum Gasteiger partial charge on any atom is 0.410 e. The average Bonchev–Trinajstić information content (AvgIpc) is 3.19. The Morgan fingerprint density at radius 1 is 1.10 bits per heavy atom. The second-order valence-electron chi connectivity index (χ2n) is 6.94. The van der Waals surface area contributed by atoms with Crippen molar-refractivity contribution in [1.82, 2.24) is 4.90 Å². The van der Waals surface area contributed by atoms with Crippen LogP contribution in [0.1, 0.15) is 40.0 Å². The summed E-state index contributed by atoms with van der Waals surface area (Å²) in [5, 5.41) is 0. The Balaban J connectivity index is 2.03.